The van der Waals surface area contributed by atoms with Gasteiger partial charge in [-0.3, -0.25) is 9.69 Å². The Kier molecular flexibility index (Phi) is 9.05. The fourth-order valence-electron chi connectivity index (χ4n) is 3.34. The third-order valence-corrected chi connectivity index (χ3v) is 5.14. The van der Waals surface area contributed by atoms with E-state index in [-0.39, 0.29) is 24.4 Å². The summed E-state index contributed by atoms with van der Waals surface area (Å²) in [5.41, 5.74) is 6.51. The van der Waals surface area contributed by atoms with Crippen LogP contribution in [0.4, 0.5) is 5.82 Å². The van der Waals surface area contributed by atoms with Crippen LogP contribution in [0.3, 0.4) is 0 Å². The van der Waals surface area contributed by atoms with Gasteiger partial charge in [0.05, 0.1) is 13.2 Å². The third kappa shape index (κ3) is 6.76. The number of nitrogens with zero attached hydrogens (tertiary/aromatic N) is 3. The number of morpholine rings is 1. The van der Waals surface area contributed by atoms with Gasteiger partial charge in [-0.05, 0) is 37.9 Å². The molecule has 0 unspecified atom stereocenters. The number of anilines is 1. The number of nitrogens with two attached hydrogens (primary N) is 1. The number of ether oxygens (including phenoxy) is 1. The van der Waals surface area contributed by atoms with E-state index in [2.05, 4.69) is 20.1 Å². The third-order valence-electron chi connectivity index (χ3n) is 4.95. The van der Waals surface area contributed by atoms with Crippen LogP contribution in [0.25, 0.3) is 0 Å². The van der Waals surface area contributed by atoms with Crippen LogP contribution in [0.1, 0.15) is 29.6 Å². The van der Waals surface area contributed by atoms with E-state index in [1.54, 1.807) is 6.07 Å². The molecule has 7 nitrogen and oxygen atoms in total. The van der Waals surface area contributed by atoms with Gasteiger partial charge in [-0.2, -0.15) is 0 Å². The minimum absolute atomic E-state index is 0. The molecular formula is C18H29Cl2N5O2. The van der Waals surface area contributed by atoms with E-state index in [4.69, 9.17) is 22.1 Å². The normalized spacial score (nSPS) is 18.8. The second-order valence-corrected chi connectivity index (χ2v) is 7.31. The van der Waals surface area contributed by atoms with Gasteiger partial charge in [0, 0.05) is 44.3 Å². The van der Waals surface area contributed by atoms with Crippen molar-refractivity contribution in [2.24, 2.45) is 5.73 Å². The van der Waals surface area contributed by atoms with Crippen LogP contribution in [-0.4, -0.2) is 74.3 Å². The topological polar surface area (TPSA) is 83.7 Å². The fraction of sp³-hybridized carbons (Fsp3) is 0.667. The average Bonchev–Trinajstić information content (AvgIpc) is 2.66. The van der Waals surface area contributed by atoms with Crippen LogP contribution >= 0.6 is 24.0 Å². The molecule has 0 aliphatic carbocycles. The van der Waals surface area contributed by atoms with E-state index in [1.165, 1.54) is 0 Å². The summed E-state index contributed by atoms with van der Waals surface area (Å²) in [5.74, 6) is 0.647. The van der Waals surface area contributed by atoms with Crippen molar-refractivity contribution in [1.82, 2.24) is 15.2 Å². The summed E-state index contributed by atoms with van der Waals surface area (Å²) >= 11 is 6.14. The maximum atomic E-state index is 12.5. The maximum Gasteiger partial charge on any atom is 0.251 e. The summed E-state index contributed by atoms with van der Waals surface area (Å²) in [6.07, 6.45) is 2.77. The van der Waals surface area contributed by atoms with Crippen LogP contribution < -0.4 is 16.0 Å². The first-order valence-corrected chi connectivity index (χ1v) is 9.76. The zero-order valence-corrected chi connectivity index (χ0v) is 17.1. The van der Waals surface area contributed by atoms with Crippen molar-refractivity contribution in [3.8, 4) is 0 Å². The van der Waals surface area contributed by atoms with Gasteiger partial charge in [-0.1, -0.05) is 11.6 Å². The first kappa shape index (κ1) is 22.2. The molecule has 1 amide bonds. The Morgan fingerprint density at radius 1 is 1.26 bits per heavy atom. The zero-order chi connectivity index (χ0) is 18.4. The summed E-state index contributed by atoms with van der Waals surface area (Å²) in [7, 11) is 0. The Morgan fingerprint density at radius 2 is 1.96 bits per heavy atom. The van der Waals surface area contributed by atoms with Gasteiger partial charge in [-0.25, -0.2) is 4.98 Å². The standard InChI is InChI=1S/C18H28ClN5O2.ClH/c19-16-12-14(13-17(22-16)24-6-2-15(20)3-7-24)18(25)21-4-1-5-23-8-10-26-11-9-23;/h12-13,15H,1-11,20H2,(H,21,25);1H. The van der Waals surface area contributed by atoms with Crippen molar-refractivity contribution in [1.29, 1.82) is 0 Å². The lowest BCUT2D eigenvalue weighted by Gasteiger charge is -2.31. The lowest BCUT2D eigenvalue weighted by molar-refractivity contribution is 0.0374. The molecule has 3 N–H and O–H groups in total. The monoisotopic (exact) mass is 417 g/mol. The van der Waals surface area contributed by atoms with Crippen molar-refractivity contribution in [2.45, 2.75) is 25.3 Å². The largest absolute Gasteiger partial charge is 0.379 e. The molecule has 0 spiro atoms. The first-order valence-electron chi connectivity index (χ1n) is 9.38. The maximum absolute atomic E-state index is 12.5. The highest BCUT2D eigenvalue weighted by atomic mass is 35.5. The summed E-state index contributed by atoms with van der Waals surface area (Å²) in [6, 6.07) is 3.69. The molecule has 2 saturated heterocycles. The number of carbonyl (C=O) groups excluding carboxylic acids is 1. The molecule has 1 aromatic rings. The summed E-state index contributed by atoms with van der Waals surface area (Å²) in [4.78, 5) is 21.3. The van der Waals surface area contributed by atoms with Gasteiger partial charge >= 0.3 is 0 Å². The van der Waals surface area contributed by atoms with Crippen molar-refractivity contribution >= 4 is 35.7 Å². The zero-order valence-electron chi connectivity index (χ0n) is 15.5. The fourth-order valence-corrected chi connectivity index (χ4v) is 3.54. The first-order chi connectivity index (χ1) is 12.6. The molecule has 2 fully saturated rings. The smallest absolute Gasteiger partial charge is 0.251 e. The molecule has 0 aromatic carbocycles. The number of carbonyl (C=O) groups is 1. The van der Waals surface area contributed by atoms with Gasteiger partial charge in [0.1, 0.15) is 11.0 Å². The lowest BCUT2D eigenvalue weighted by atomic mass is 10.1. The van der Waals surface area contributed by atoms with Crippen molar-refractivity contribution in [3.63, 3.8) is 0 Å². The Bertz CT molecular complexity index is 605. The number of hydrogen-bond acceptors (Lipinski definition) is 6. The molecule has 0 atom stereocenters. The van der Waals surface area contributed by atoms with Gasteiger partial charge < -0.3 is 20.7 Å². The molecule has 152 valence electrons. The predicted molar refractivity (Wildman–Crippen MR) is 110 cm³/mol. The van der Waals surface area contributed by atoms with Crippen molar-refractivity contribution in [2.75, 3.05) is 57.4 Å². The number of aromatic nitrogens is 1. The predicted octanol–water partition coefficient (Wildman–Crippen LogP) is 1.54. The van der Waals surface area contributed by atoms with E-state index in [0.717, 1.165) is 71.0 Å². The van der Waals surface area contributed by atoms with Crippen LogP contribution in [0.5, 0.6) is 0 Å². The highest BCUT2D eigenvalue weighted by Crippen LogP contribution is 2.21. The Hall–Kier alpha value is -1.12. The molecule has 1 aromatic heterocycles. The SMILES string of the molecule is Cl.NC1CCN(c2cc(C(=O)NCCCN3CCOCC3)cc(Cl)n2)CC1. The van der Waals surface area contributed by atoms with Crippen LogP contribution in [0.15, 0.2) is 12.1 Å². The minimum Gasteiger partial charge on any atom is -0.379 e. The summed E-state index contributed by atoms with van der Waals surface area (Å²) < 4.78 is 5.34. The van der Waals surface area contributed by atoms with Gasteiger partial charge in [-0.15, -0.1) is 12.4 Å². The molecule has 3 heterocycles. The second kappa shape index (κ2) is 11.0. The quantitative estimate of drug-likeness (QED) is 0.539. The molecular weight excluding hydrogens is 389 g/mol. The van der Waals surface area contributed by atoms with Crippen LogP contribution in [-0.2, 0) is 4.74 Å². The number of nitrogens with one attached hydrogen (secondary N) is 1. The molecule has 9 heteroatoms. The molecule has 0 saturated carbocycles. The molecule has 2 aliphatic heterocycles. The van der Waals surface area contributed by atoms with E-state index < -0.39 is 0 Å². The molecule has 3 rings (SSSR count). The molecule has 2 aliphatic rings. The summed E-state index contributed by atoms with van der Waals surface area (Å²) in [5, 5.41) is 3.32. The number of amides is 1. The average molecular weight is 418 g/mol. The Labute approximate surface area is 172 Å². The molecule has 0 radical (unpaired) electrons. The van der Waals surface area contributed by atoms with Crippen LogP contribution in [0.2, 0.25) is 5.15 Å². The molecule has 0 bridgehead atoms. The minimum atomic E-state index is -0.105. The summed E-state index contributed by atoms with van der Waals surface area (Å²) in [6.45, 7) is 6.83. The van der Waals surface area contributed by atoms with Gasteiger partial charge in [0.2, 0.25) is 0 Å². The number of rotatable bonds is 6. The Morgan fingerprint density at radius 3 is 2.67 bits per heavy atom. The van der Waals surface area contributed by atoms with E-state index >= 15 is 0 Å². The van der Waals surface area contributed by atoms with Gasteiger partial charge in [0.15, 0.2) is 0 Å². The number of pyridine rings is 1. The number of piperidine rings is 1. The number of halogens is 2. The highest BCUT2D eigenvalue weighted by Gasteiger charge is 2.19. The number of hydrogen-bond donors (Lipinski definition) is 2. The lowest BCUT2D eigenvalue weighted by Crippen LogP contribution is -2.40. The Balaban J connectivity index is 0.00000261. The second-order valence-electron chi connectivity index (χ2n) is 6.92. The van der Waals surface area contributed by atoms with Crippen molar-refractivity contribution in [3.05, 3.63) is 22.8 Å². The molecule has 27 heavy (non-hydrogen) atoms. The van der Waals surface area contributed by atoms with Crippen LogP contribution in [0, 0.1) is 0 Å². The van der Waals surface area contributed by atoms with Crippen molar-refractivity contribution < 1.29 is 9.53 Å². The van der Waals surface area contributed by atoms with E-state index in [1.807, 2.05) is 6.07 Å². The highest BCUT2D eigenvalue weighted by molar-refractivity contribution is 6.29. The van der Waals surface area contributed by atoms with E-state index in [9.17, 15) is 4.79 Å². The van der Waals surface area contributed by atoms with E-state index in [0.29, 0.717) is 17.3 Å². The van der Waals surface area contributed by atoms with Gasteiger partial charge in [0.25, 0.3) is 5.91 Å².